The molecule has 0 radical (unpaired) electrons. The van der Waals surface area contributed by atoms with Gasteiger partial charge in [-0.25, -0.2) is 4.39 Å². The van der Waals surface area contributed by atoms with Gasteiger partial charge in [0.2, 0.25) is 0 Å². The van der Waals surface area contributed by atoms with Gasteiger partial charge in [-0.2, -0.15) is 0 Å². The molecule has 3 rings (SSSR count). The van der Waals surface area contributed by atoms with E-state index in [0.717, 1.165) is 44.8 Å². The zero-order valence-electron chi connectivity index (χ0n) is 12.3. The van der Waals surface area contributed by atoms with E-state index >= 15 is 0 Å². The first-order valence-corrected chi connectivity index (χ1v) is 7.57. The maximum Gasteiger partial charge on any atom is 0.255 e. The molecule has 1 spiro atoms. The number of carbonyl (C=O) groups is 1. The highest BCUT2D eigenvalue weighted by Crippen LogP contribution is 2.46. The van der Waals surface area contributed by atoms with Crippen molar-refractivity contribution < 1.29 is 13.9 Å². The molecule has 0 unspecified atom stereocenters. The molecule has 1 aliphatic carbocycles. The summed E-state index contributed by atoms with van der Waals surface area (Å²) >= 11 is 0. The Morgan fingerprint density at radius 1 is 1.43 bits per heavy atom. The van der Waals surface area contributed by atoms with Crippen LogP contribution in [0.5, 0.6) is 0 Å². The van der Waals surface area contributed by atoms with Gasteiger partial charge in [-0.05, 0) is 31.7 Å². The molecular formula is C16H21FN2O2. The van der Waals surface area contributed by atoms with Crippen LogP contribution in [0.2, 0.25) is 0 Å². The summed E-state index contributed by atoms with van der Waals surface area (Å²) in [6.07, 6.45) is 8.21. The van der Waals surface area contributed by atoms with Crippen LogP contribution < -0.4 is 0 Å². The van der Waals surface area contributed by atoms with E-state index in [2.05, 4.69) is 4.98 Å². The number of methoxy groups -OCH3 is 1. The minimum absolute atomic E-state index is 0.0867. The number of piperidine rings is 1. The molecule has 1 aromatic heterocycles. The van der Waals surface area contributed by atoms with Gasteiger partial charge in [-0.1, -0.05) is 6.42 Å². The van der Waals surface area contributed by atoms with E-state index in [-0.39, 0.29) is 17.4 Å². The molecule has 2 atom stereocenters. The van der Waals surface area contributed by atoms with Crippen molar-refractivity contribution in [3.63, 3.8) is 0 Å². The highest BCUT2D eigenvalue weighted by Gasteiger charge is 2.46. The largest absolute Gasteiger partial charge is 0.381 e. The SMILES string of the molecule is CO[C@@H]1CCC[C@]12CCCN(C(=O)c1cncc(F)c1)C2. The molecule has 2 fully saturated rings. The Kier molecular flexibility index (Phi) is 3.93. The zero-order valence-corrected chi connectivity index (χ0v) is 12.3. The smallest absolute Gasteiger partial charge is 0.255 e. The maximum atomic E-state index is 13.3. The van der Waals surface area contributed by atoms with Gasteiger partial charge in [-0.3, -0.25) is 9.78 Å². The van der Waals surface area contributed by atoms with Crippen molar-refractivity contribution in [3.05, 3.63) is 29.8 Å². The summed E-state index contributed by atoms with van der Waals surface area (Å²) in [6.45, 7) is 1.44. The minimum Gasteiger partial charge on any atom is -0.381 e. The van der Waals surface area contributed by atoms with E-state index in [0.29, 0.717) is 12.1 Å². The van der Waals surface area contributed by atoms with Crippen LogP contribution in [0.25, 0.3) is 0 Å². The molecule has 0 aromatic carbocycles. The van der Waals surface area contributed by atoms with Crippen molar-refractivity contribution in [3.8, 4) is 0 Å². The molecule has 21 heavy (non-hydrogen) atoms. The van der Waals surface area contributed by atoms with Gasteiger partial charge >= 0.3 is 0 Å². The van der Waals surface area contributed by atoms with Crippen LogP contribution in [-0.4, -0.2) is 42.1 Å². The molecule has 1 aliphatic heterocycles. The molecule has 1 saturated carbocycles. The Balaban J connectivity index is 1.78. The Morgan fingerprint density at radius 2 is 2.24 bits per heavy atom. The molecule has 114 valence electrons. The molecule has 2 heterocycles. The monoisotopic (exact) mass is 292 g/mol. The summed E-state index contributed by atoms with van der Waals surface area (Å²) in [5.74, 6) is -0.592. The number of hydrogen-bond acceptors (Lipinski definition) is 3. The van der Waals surface area contributed by atoms with Crippen LogP contribution in [0.3, 0.4) is 0 Å². The van der Waals surface area contributed by atoms with E-state index in [1.807, 2.05) is 4.90 Å². The van der Waals surface area contributed by atoms with E-state index in [1.54, 1.807) is 7.11 Å². The first kappa shape index (κ1) is 14.4. The number of ether oxygens (including phenoxy) is 1. The fourth-order valence-electron chi connectivity index (χ4n) is 3.99. The molecule has 2 aliphatic rings. The predicted molar refractivity (Wildman–Crippen MR) is 76.4 cm³/mol. The van der Waals surface area contributed by atoms with E-state index in [9.17, 15) is 9.18 Å². The molecule has 5 heteroatoms. The van der Waals surface area contributed by atoms with Crippen LogP contribution in [0.1, 0.15) is 42.5 Å². The van der Waals surface area contributed by atoms with Crippen molar-refractivity contribution in [2.45, 2.75) is 38.2 Å². The Hall–Kier alpha value is -1.49. The number of halogens is 1. The topological polar surface area (TPSA) is 42.4 Å². The summed E-state index contributed by atoms with van der Waals surface area (Å²) in [7, 11) is 1.76. The van der Waals surface area contributed by atoms with Gasteiger partial charge in [0, 0.05) is 31.8 Å². The number of pyridine rings is 1. The van der Waals surface area contributed by atoms with Crippen molar-refractivity contribution in [2.75, 3.05) is 20.2 Å². The summed E-state index contributed by atoms with van der Waals surface area (Å²) in [5.41, 5.74) is 0.419. The molecule has 4 nitrogen and oxygen atoms in total. The summed E-state index contributed by atoms with van der Waals surface area (Å²) in [6, 6.07) is 1.26. The van der Waals surface area contributed by atoms with Crippen molar-refractivity contribution in [1.82, 2.24) is 9.88 Å². The maximum absolute atomic E-state index is 13.3. The number of hydrogen-bond donors (Lipinski definition) is 0. The van der Waals surface area contributed by atoms with Gasteiger partial charge in [0.1, 0.15) is 5.82 Å². The lowest BCUT2D eigenvalue weighted by Gasteiger charge is -2.43. The standard InChI is InChI=1S/C16H21FN2O2/c1-21-14-4-2-5-16(14)6-3-7-19(11-16)15(20)12-8-13(17)10-18-9-12/h8-10,14H,2-7,11H2,1H3/t14-,16-/m1/s1. The number of carbonyl (C=O) groups excluding carboxylic acids is 1. The number of amides is 1. The molecule has 1 amide bonds. The predicted octanol–water partition coefficient (Wildman–Crippen LogP) is 2.64. The number of nitrogens with zero attached hydrogens (tertiary/aromatic N) is 2. The average molecular weight is 292 g/mol. The highest BCUT2D eigenvalue weighted by atomic mass is 19.1. The Bertz CT molecular complexity index is 537. The quantitative estimate of drug-likeness (QED) is 0.841. The third-order valence-electron chi connectivity index (χ3n) is 4.96. The van der Waals surface area contributed by atoms with E-state index in [4.69, 9.17) is 4.74 Å². The second-order valence-corrected chi connectivity index (χ2v) is 6.20. The first-order valence-electron chi connectivity index (χ1n) is 7.57. The Morgan fingerprint density at radius 3 is 3.00 bits per heavy atom. The van der Waals surface area contributed by atoms with Crippen LogP contribution in [0.15, 0.2) is 18.5 Å². The molecule has 0 bridgehead atoms. The van der Waals surface area contributed by atoms with Crippen LogP contribution >= 0.6 is 0 Å². The van der Waals surface area contributed by atoms with E-state index in [1.165, 1.54) is 12.3 Å². The normalized spacial score (nSPS) is 29.0. The average Bonchev–Trinajstić information content (AvgIpc) is 2.88. The molecular weight excluding hydrogens is 271 g/mol. The summed E-state index contributed by atoms with van der Waals surface area (Å²) in [5, 5.41) is 0. The lowest BCUT2D eigenvalue weighted by molar-refractivity contribution is -0.0295. The minimum atomic E-state index is -0.469. The molecule has 1 saturated heterocycles. The van der Waals surface area contributed by atoms with Gasteiger partial charge in [0.05, 0.1) is 17.9 Å². The van der Waals surface area contributed by atoms with Crippen LogP contribution in [-0.2, 0) is 4.74 Å². The third-order valence-corrected chi connectivity index (χ3v) is 4.96. The fourth-order valence-corrected chi connectivity index (χ4v) is 3.99. The van der Waals surface area contributed by atoms with Crippen LogP contribution in [0, 0.1) is 11.2 Å². The molecule has 0 N–H and O–H groups in total. The third kappa shape index (κ3) is 2.67. The Labute approximate surface area is 124 Å². The number of rotatable bonds is 2. The zero-order chi connectivity index (χ0) is 14.9. The second-order valence-electron chi connectivity index (χ2n) is 6.20. The van der Waals surface area contributed by atoms with Gasteiger partial charge in [-0.15, -0.1) is 0 Å². The van der Waals surface area contributed by atoms with E-state index < -0.39 is 5.82 Å². The van der Waals surface area contributed by atoms with Crippen LogP contribution in [0.4, 0.5) is 4.39 Å². The first-order chi connectivity index (χ1) is 10.1. The number of likely N-dealkylation sites (tertiary alicyclic amines) is 1. The highest BCUT2D eigenvalue weighted by molar-refractivity contribution is 5.94. The summed E-state index contributed by atoms with van der Waals surface area (Å²) < 4.78 is 18.9. The lowest BCUT2D eigenvalue weighted by Crippen LogP contribution is -2.49. The van der Waals surface area contributed by atoms with Gasteiger partial charge < -0.3 is 9.64 Å². The van der Waals surface area contributed by atoms with Crippen molar-refractivity contribution in [2.24, 2.45) is 5.41 Å². The lowest BCUT2D eigenvalue weighted by atomic mass is 9.76. The van der Waals surface area contributed by atoms with Gasteiger partial charge in [0.15, 0.2) is 0 Å². The van der Waals surface area contributed by atoms with Crippen molar-refractivity contribution in [1.29, 1.82) is 0 Å². The van der Waals surface area contributed by atoms with Crippen molar-refractivity contribution >= 4 is 5.91 Å². The second kappa shape index (κ2) is 5.72. The molecule has 1 aromatic rings. The summed E-state index contributed by atoms with van der Waals surface area (Å²) in [4.78, 5) is 18.2. The number of aromatic nitrogens is 1. The van der Waals surface area contributed by atoms with Gasteiger partial charge in [0.25, 0.3) is 5.91 Å². The fraction of sp³-hybridized carbons (Fsp3) is 0.625.